The Balaban J connectivity index is 2.05. The Hall–Kier alpha value is -1.31. The van der Waals surface area contributed by atoms with Crippen molar-refractivity contribution in [3.8, 4) is 0 Å². The fourth-order valence-corrected chi connectivity index (χ4v) is 2.26. The Bertz CT molecular complexity index is 347. The number of hydrogen-bond acceptors (Lipinski definition) is 1. The minimum absolute atomic E-state index is 0.200. The highest BCUT2D eigenvalue weighted by molar-refractivity contribution is 5.78. The molecule has 1 aliphatic rings. The molecule has 1 fully saturated rings. The van der Waals surface area contributed by atoms with Crippen LogP contribution in [0.3, 0.4) is 0 Å². The van der Waals surface area contributed by atoms with Gasteiger partial charge >= 0.3 is 0 Å². The number of carbonyl (C=O) groups is 1. The van der Waals surface area contributed by atoms with Crippen LogP contribution in [0.25, 0.3) is 0 Å². The molecule has 2 rings (SSSR count). The Kier molecular flexibility index (Phi) is 3.60. The van der Waals surface area contributed by atoms with E-state index in [1.165, 1.54) is 12.0 Å². The summed E-state index contributed by atoms with van der Waals surface area (Å²) in [4.78, 5) is 14.1. The third-order valence-electron chi connectivity index (χ3n) is 3.26. The molecule has 1 amide bonds. The lowest BCUT2D eigenvalue weighted by Gasteiger charge is -2.22. The van der Waals surface area contributed by atoms with Crippen molar-refractivity contribution in [2.45, 2.75) is 32.7 Å². The summed E-state index contributed by atoms with van der Waals surface area (Å²) in [6.07, 6.45) is 3.37. The van der Waals surface area contributed by atoms with Crippen molar-refractivity contribution in [1.82, 2.24) is 4.90 Å². The van der Waals surface area contributed by atoms with Gasteiger partial charge in [0.25, 0.3) is 0 Å². The van der Waals surface area contributed by atoms with Gasteiger partial charge in [-0.3, -0.25) is 4.79 Å². The van der Waals surface area contributed by atoms with Crippen LogP contribution < -0.4 is 0 Å². The van der Waals surface area contributed by atoms with E-state index in [-0.39, 0.29) is 5.92 Å². The fraction of sp³-hybridized carbons (Fsp3) is 0.500. The number of hydrogen-bond donors (Lipinski definition) is 0. The van der Waals surface area contributed by atoms with E-state index in [4.69, 9.17) is 0 Å². The van der Waals surface area contributed by atoms with Crippen molar-refractivity contribution in [2.24, 2.45) is 5.92 Å². The summed E-state index contributed by atoms with van der Waals surface area (Å²) in [7, 11) is 0. The number of benzene rings is 1. The number of likely N-dealkylation sites (tertiary alicyclic amines) is 1. The molecule has 0 N–H and O–H groups in total. The quantitative estimate of drug-likeness (QED) is 0.746. The van der Waals surface area contributed by atoms with Crippen molar-refractivity contribution in [3.05, 3.63) is 35.9 Å². The van der Waals surface area contributed by atoms with E-state index >= 15 is 0 Å². The molecule has 1 aliphatic heterocycles. The molecule has 0 aliphatic carbocycles. The first-order valence-corrected chi connectivity index (χ1v) is 6.10. The monoisotopic (exact) mass is 217 g/mol. The second kappa shape index (κ2) is 5.15. The molecular weight excluding hydrogens is 198 g/mol. The second-order valence-corrected chi connectivity index (χ2v) is 4.64. The van der Waals surface area contributed by atoms with Gasteiger partial charge in [0.1, 0.15) is 0 Å². The summed E-state index contributed by atoms with van der Waals surface area (Å²) >= 11 is 0. The van der Waals surface area contributed by atoms with E-state index in [9.17, 15) is 4.79 Å². The van der Waals surface area contributed by atoms with Crippen LogP contribution in [0.4, 0.5) is 0 Å². The third kappa shape index (κ3) is 2.63. The minimum Gasteiger partial charge on any atom is -0.338 e. The van der Waals surface area contributed by atoms with Crippen molar-refractivity contribution in [1.29, 1.82) is 0 Å². The zero-order valence-electron chi connectivity index (χ0n) is 9.86. The predicted octanol–water partition coefficient (Wildman–Crippen LogP) is 2.84. The van der Waals surface area contributed by atoms with Crippen molar-refractivity contribution in [3.63, 3.8) is 0 Å². The highest BCUT2D eigenvalue weighted by Crippen LogP contribution is 2.19. The summed E-state index contributed by atoms with van der Waals surface area (Å²) in [5, 5.41) is 0. The van der Waals surface area contributed by atoms with Crippen molar-refractivity contribution >= 4 is 5.91 Å². The molecule has 0 radical (unpaired) electrons. The van der Waals surface area contributed by atoms with Gasteiger partial charge in [0.05, 0.1) is 0 Å². The third-order valence-corrected chi connectivity index (χ3v) is 3.26. The van der Waals surface area contributed by atoms with E-state index < -0.39 is 0 Å². The fourth-order valence-electron chi connectivity index (χ4n) is 2.26. The van der Waals surface area contributed by atoms with Gasteiger partial charge < -0.3 is 4.90 Å². The molecule has 0 saturated carbocycles. The smallest absolute Gasteiger partial charge is 0.225 e. The number of amides is 1. The molecule has 2 heteroatoms. The van der Waals surface area contributed by atoms with E-state index in [0.717, 1.165) is 25.9 Å². The Labute approximate surface area is 97.3 Å². The second-order valence-electron chi connectivity index (χ2n) is 4.64. The highest BCUT2D eigenvalue weighted by atomic mass is 16.2. The summed E-state index contributed by atoms with van der Waals surface area (Å²) in [5.41, 5.74) is 1.23. The average molecular weight is 217 g/mol. The van der Waals surface area contributed by atoms with Gasteiger partial charge in [-0.05, 0) is 18.4 Å². The maximum Gasteiger partial charge on any atom is 0.225 e. The van der Waals surface area contributed by atoms with Gasteiger partial charge in [-0.15, -0.1) is 0 Å². The van der Waals surface area contributed by atoms with Crippen LogP contribution in [-0.4, -0.2) is 17.4 Å². The molecule has 1 aromatic carbocycles. The lowest BCUT2D eigenvalue weighted by Crippen LogP contribution is -2.33. The number of carbonyl (C=O) groups excluding carboxylic acids is 1. The lowest BCUT2D eigenvalue weighted by molar-refractivity contribution is -0.134. The molecule has 0 bridgehead atoms. The SMILES string of the molecule is CC1CCCCN(Cc2ccccc2)C1=O. The molecule has 2 nitrogen and oxygen atoms in total. The van der Waals surface area contributed by atoms with Crippen LogP contribution in [-0.2, 0) is 11.3 Å². The minimum atomic E-state index is 0.200. The van der Waals surface area contributed by atoms with Gasteiger partial charge in [-0.25, -0.2) is 0 Å². The normalized spacial score (nSPS) is 21.9. The largest absolute Gasteiger partial charge is 0.338 e. The van der Waals surface area contributed by atoms with Crippen LogP contribution in [0.15, 0.2) is 30.3 Å². The van der Waals surface area contributed by atoms with Crippen molar-refractivity contribution in [2.75, 3.05) is 6.54 Å². The summed E-state index contributed by atoms with van der Waals surface area (Å²) in [6.45, 7) is 3.73. The zero-order chi connectivity index (χ0) is 11.4. The van der Waals surface area contributed by atoms with Gasteiger partial charge in [-0.2, -0.15) is 0 Å². The molecule has 1 unspecified atom stereocenters. The van der Waals surface area contributed by atoms with Crippen molar-refractivity contribution < 1.29 is 4.79 Å². The van der Waals surface area contributed by atoms with E-state index in [0.29, 0.717) is 5.91 Å². The molecule has 0 aromatic heterocycles. The first kappa shape index (κ1) is 11.2. The van der Waals surface area contributed by atoms with Gasteiger partial charge in [-0.1, -0.05) is 43.7 Å². The van der Waals surface area contributed by atoms with Crippen LogP contribution in [0.1, 0.15) is 31.7 Å². The van der Waals surface area contributed by atoms with Crippen LogP contribution >= 0.6 is 0 Å². The molecule has 16 heavy (non-hydrogen) atoms. The molecule has 0 spiro atoms. The van der Waals surface area contributed by atoms with Crippen LogP contribution in [0.5, 0.6) is 0 Å². The summed E-state index contributed by atoms with van der Waals surface area (Å²) in [6, 6.07) is 10.2. The molecule has 86 valence electrons. The zero-order valence-corrected chi connectivity index (χ0v) is 9.86. The van der Waals surface area contributed by atoms with Crippen LogP contribution in [0, 0.1) is 5.92 Å². The Morgan fingerprint density at radius 3 is 2.75 bits per heavy atom. The van der Waals surface area contributed by atoms with E-state index in [2.05, 4.69) is 12.1 Å². The number of rotatable bonds is 2. The Morgan fingerprint density at radius 1 is 1.25 bits per heavy atom. The highest BCUT2D eigenvalue weighted by Gasteiger charge is 2.22. The molecule has 1 aromatic rings. The molecule has 1 saturated heterocycles. The average Bonchev–Trinajstić information content (AvgIpc) is 2.46. The predicted molar refractivity (Wildman–Crippen MR) is 64.9 cm³/mol. The summed E-state index contributed by atoms with van der Waals surface area (Å²) in [5.74, 6) is 0.521. The summed E-state index contributed by atoms with van der Waals surface area (Å²) < 4.78 is 0. The van der Waals surface area contributed by atoms with Gasteiger partial charge in [0.2, 0.25) is 5.91 Å². The van der Waals surface area contributed by atoms with Gasteiger partial charge in [0.15, 0.2) is 0 Å². The van der Waals surface area contributed by atoms with E-state index in [1.54, 1.807) is 0 Å². The molecule has 1 heterocycles. The topological polar surface area (TPSA) is 20.3 Å². The molecule has 1 atom stereocenters. The Morgan fingerprint density at radius 2 is 2.00 bits per heavy atom. The maximum atomic E-state index is 12.1. The van der Waals surface area contributed by atoms with Gasteiger partial charge in [0, 0.05) is 19.0 Å². The standard InChI is InChI=1S/C14H19NO/c1-12-7-5-6-10-15(14(12)16)11-13-8-3-2-4-9-13/h2-4,8-9,12H,5-7,10-11H2,1H3. The lowest BCUT2D eigenvalue weighted by atomic mass is 10.1. The maximum absolute atomic E-state index is 12.1. The first-order chi connectivity index (χ1) is 7.77. The molecular formula is C14H19NO. The van der Waals surface area contributed by atoms with E-state index in [1.807, 2.05) is 30.0 Å². The first-order valence-electron chi connectivity index (χ1n) is 6.10. The van der Waals surface area contributed by atoms with Crippen LogP contribution in [0.2, 0.25) is 0 Å². The number of nitrogens with zero attached hydrogens (tertiary/aromatic N) is 1.